The highest BCUT2D eigenvalue weighted by molar-refractivity contribution is 5.81. The quantitative estimate of drug-likeness (QED) is 0.786. The molecule has 118 valence electrons. The Bertz CT molecular complexity index is 925. The van der Waals surface area contributed by atoms with Crippen molar-refractivity contribution >= 4 is 5.82 Å². The predicted octanol–water partition coefficient (Wildman–Crippen LogP) is 4.19. The Morgan fingerprint density at radius 2 is 1.75 bits per heavy atom. The molecule has 3 rings (SSSR count). The molecule has 0 spiro atoms. The molecule has 24 heavy (non-hydrogen) atoms. The molecule has 4 nitrogen and oxygen atoms in total. The summed E-state index contributed by atoms with van der Waals surface area (Å²) in [7, 11) is 1.62. The van der Waals surface area contributed by atoms with Crippen LogP contribution in [0.25, 0.3) is 22.4 Å². The van der Waals surface area contributed by atoms with Crippen molar-refractivity contribution in [2.75, 3.05) is 12.8 Å². The molecule has 0 bridgehead atoms. The van der Waals surface area contributed by atoms with Crippen molar-refractivity contribution in [3.8, 4) is 34.2 Å². The average Bonchev–Trinajstić information content (AvgIpc) is 2.61. The van der Waals surface area contributed by atoms with E-state index in [0.29, 0.717) is 17.0 Å². The number of pyridine rings is 1. The first-order valence-corrected chi connectivity index (χ1v) is 7.55. The molecule has 0 atom stereocenters. The first-order valence-electron chi connectivity index (χ1n) is 7.55. The number of rotatable bonds is 3. The van der Waals surface area contributed by atoms with E-state index in [0.717, 1.165) is 22.3 Å². The smallest absolute Gasteiger partial charge is 0.142 e. The van der Waals surface area contributed by atoms with E-state index >= 15 is 0 Å². The number of nitrogen functional groups attached to an aromatic ring is 1. The Kier molecular flexibility index (Phi) is 4.17. The lowest BCUT2D eigenvalue weighted by Gasteiger charge is -2.12. The number of anilines is 1. The van der Waals surface area contributed by atoms with Crippen molar-refractivity contribution in [2.45, 2.75) is 6.92 Å². The van der Waals surface area contributed by atoms with Gasteiger partial charge in [0.15, 0.2) is 0 Å². The molecule has 0 saturated heterocycles. The summed E-state index contributed by atoms with van der Waals surface area (Å²) in [5.74, 6) is 0.931. The maximum Gasteiger partial charge on any atom is 0.142 e. The van der Waals surface area contributed by atoms with Crippen LogP contribution in [0, 0.1) is 18.3 Å². The van der Waals surface area contributed by atoms with Gasteiger partial charge in [-0.3, -0.25) is 0 Å². The van der Waals surface area contributed by atoms with Crippen molar-refractivity contribution in [3.05, 3.63) is 65.7 Å². The Hall–Kier alpha value is -3.32. The molecule has 2 aromatic carbocycles. The maximum atomic E-state index is 9.48. The van der Waals surface area contributed by atoms with Gasteiger partial charge in [-0.05, 0) is 30.7 Å². The maximum absolute atomic E-state index is 9.48. The second-order valence-electron chi connectivity index (χ2n) is 5.49. The summed E-state index contributed by atoms with van der Waals surface area (Å²) in [4.78, 5) is 4.40. The van der Waals surface area contributed by atoms with E-state index in [9.17, 15) is 5.26 Å². The average molecular weight is 315 g/mol. The van der Waals surface area contributed by atoms with E-state index in [1.807, 2.05) is 61.5 Å². The molecule has 0 fully saturated rings. The van der Waals surface area contributed by atoms with Crippen molar-refractivity contribution in [2.24, 2.45) is 0 Å². The number of aryl methyl sites for hydroxylation is 1. The van der Waals surface area contributed by atoms with Gasteiger partial charge < -0.3 is 10.5 Å². The van der Waals surface area contributed by atoms with Gasteiger partial charge in [-0.1, -0.05) is 42.0 Å². The second kappa shape index (κ2) is 6.43. The molecule has 0 aliphatic carbocycles. The molecule has 0 amide bonds. The van der Waals surface area contributed by atoms with Gasteiger partial charge in [0.05, 0.1) is 12.8 Å². The monoisotopic (exact) mass is 315 g/mol. The number of para-hydroxylation sites is 1. The van der Waals surface area contributed by atoms with E-state index in [4.69, 9.17) is 10.5 Å². The van der Waals surface area contributed by atoms with E-state index < -0.39 is 0 Å². The molecule has 1 aromatic heterocycles. The third kappa shape index (κ3) is 2.80. The lowest BCUT2D eigenvalue weighted by atomic mass is 9.97. The molecule has 2 N–H and O–H groups in total. The molecule has 0 aliphatic rings. The number of nitrogens with zero attached hydrogens (tertiary/aromatic N) is 2. The first kappa shape index (κ1) is 15.6. The fourth-order valence-corrected chi connectivity index (χ4v) is 2.64. The number of hydrogen-bond donors (Lipinski definition) is 1. The first-order chi connectivity index (χ1) is 11.6. The number of ether oxygens (including phenoxy) is 1. The van der Waals surface area contributed by atoms with Crippen LogP contribution in [-0.2, 0) is 0 Å². The highest BCUT2D eigenvalue weighted by Gasteiger charge is 2.15. The number of hydrogen-bond acceptors (Lipinski definition) is 4. The number of methoxy groups -OCH3 is 1. The van der Waals surface area contributed by atoms with Gasteiger partial charge >= 0.3 is 0 Å². The van der Waals surface area contributed by atoms with Crippen LogP contribution in [0.4, 0.5) is 5.82 Å². The number of aromatic nitrogens is 1. The molecular formula is C20H17N3O. The summed E-state index contributed by atoms with van der Waals surface area (Å²) >= 11 is 0. The summed E-state index contributed by atoms with van der Waals surface area (Å²) in [5, 5.41) is 9.48. The number of benzene rings is 2. The van der Waals surface area contributed by atoms with Gasteiger partial charge in [0, 0.05) is 11.1 Å². The lowest BCUT2D eigenvalue weighted by molar-refractivity contribution is 0.416. The van der Waals surface area contributed by atoms with Crippen LogP contribution in [0.3, 0.4) is 0 Å². The Morgan fingerprint density at radius 3 is 2.42 bits per heavy atom. The van der Waals surface area contributed by atoms with Crippen LogP contribution in [0.15, 0.2) is 54.6 Å². The predicted molar refractivity (Wildman–Crippen MR) is 95.5 cm³/mol. The van der Waals surface area contributed by atoms with Crippen LogP contribution in [0.5, 0.6) is 5.75 Å². The van der Waals surface area contributed by atoms with Gasteiger partial charge in [0.25, 0.3) is 0 Å². The standard InChI is InChI=1S/C20H17N3O/c1-13-7-9-14(10-8-13)16-11-18(23-20(22)17(16)12-21)15-5-3-4-6-19(15)24-2/h3-11H,1-2H3,(H2,22,23). The van der Waals surface area contributed by atoms with Gasteiger partial charge in [0.1, 0.15) is 23.2 Å². The largest absolute Gasteiger partial charge is 0.496 e. The van der Waals surface area contributed by atoms with E-state index in [1.165, 1.54) is 0 Å². The van der Waals surface area contributed by atoms with E-state index in [2.05, 4.69) is 11.1 Å². The number of nitriles is 1. The topological polar surface area (TPSA) is 71.9 Å². The zero-order chi connectivity index (χ0) is 17.1. The SMILES string of the molecule is COc1ccccc1-c1cc(-c2ccc(C)cc2)c(C#N)c(N)n1. The highest BCUT2D eigenvalue weighted by atomic mass is 16.5. The normalized spacial score (nSPS) is 10.2. The van der Waals surface area contributed by atoms with E-state index in [1.54, 1.807) is 7.11 Å². The lowest BCUT2D eigenvalue weighted by Crippen LogP contribution is -2.00. The van der Waals surface area contributed by atoms with E-state index in [-0.39, 0.29) is 5.82 Å². The minimum Gasteiger partial charge on any atom is -0.496 e. The van der Waals surface area contributed by atoms with Crippen molar-refractivity contribution in [1.82, 2.24) is 4.98 Å². The summed E-state index contributed by atoms with van der Waals surface area (Å²) in [6.07, 6.45) is 0. The van der Waals surface area contributed by atoms with Crippen LogP contribution < -0.4 is 10.5 Å². The minimum atomic E-state index is 0.219. The molecular weight excluding hydrogens is 298 g/mol. The molecule has 0 aliphatic heterocycles. The van der Waals surface area contributed by atoms with Crippen LogP contribution in [-0.4, -0.2) is 12.1 Å². The Morgan fingerprint density at radius 1 is 1.04 bits per heavy atom. The molecule has 0 radical (unpaired) electrons. The summed E-state index contributed by atoms with van der Waals surface area (Å²) in [6, 6.07) is 19.6. The van der Waals surface area contributed by atoms with Gasteiger partial charge in [0.2, 0.25) is 0 Å². The molecule has 1 heterocycles. The van der Waals surface area contributed by atoms with Crippen LogP contribution >= 0.6 is 0 Å². The van der Waals surface area contributed by atoms with Crippen molar-refractivity contribution in [3.63, 3.8) is 0 Å². The summed E-state index contributed by atoms with van der Waals surface area (Å²) < 4.78 is 5.41. The fraction of sp³-hybridized carbons (Fsp3) is 0.100. The zero-order valence-electron chi connectivity index (χ0n) is 13.6. The molecule has 0 saturated carbocycles. The van der Waals surface area contributed by atoms with Gasteiger partial charge in [-0.15, -0.1) is 0 Å². The Balaban J connectivity index is 2.24. The van der Waals surface area contributed by atoms with Gasteiger partial charge in [-0.25, -0.2) is 4.98 Å². The van der Waals surface area contributed by atoms with Crippen molar-refractivity contribution < 1.29 is 4.74 Å². The van der Waals surface area contributed by atoms with Crippen LogP contribution in [0.1, 0.15) is 11.1 Å². The zero-order valence-corrected chi connectivity index (χ0v) is 13.6. The summed E-state index contributed by atoms with van der Waals surface area (Å²) in [5.41, 5.74) is 10.8. The molecule has 0 unspecified atom stereocenters. The summed E-state index contributed by atoms with van der Waals surface area (Å²) in [6.45, 7) is 2.02. The minimum absolute atomic E-state index is 0.219. The Labute approximate surface area is 141 Å². The number of nitrogens with two attached hydrogens (primary N) is 1. The van der Waals surface area contributed by atoms with Gasteiger partial charge in [-0.2, -0.15) is 5.26 Å². The second-order valence-corrected chi connectivity index (χ2v) is 5.49. The highest BCUT2D eigenvalue weighted by Crippen LogP contribution is 2.34. The van der Waals surface area contributed by atoms with Crippen LogP contribution in [0.2, 0.25) is 0 Å². The molecule has 4 heteroatoms. The third-order valence-electron chi connectivity index (χ3n) is 3.90. The van der Waals surface area contributed by atoms with Crippen molar-refractivity contribution in [1.29, 1.82) is 5.26 Å². The molecule has 3 aromatic rings. The third-order valence-corrected chi connectivity index (χ3v) is 3.90. The fourth-order valence-electron chi connectivity index (χ4n) is 2.64.